The Morgan fingerprint density at radius 2 is 0.899 bits per heavy atom. The van der Waals surface area contributed by atoms with Crippen LogP contribution in [0.25, 0.3) is 0 Å². The number of phenols is 2. The Balaban J connectivity index is 0.000000347. The van der Waals surface area contributed by atoms with Gasteiger partial charge in [0.05, 0.1) is 71.3 Å². The fourth-order valence-electron chi connectivity index (χ4n) is 8.41. The summed E-state index contributed by atoms with van der Waals surface area (Å²) in [6, 6.07) is 40.8. The molecule has 0 amide bonds. The van der Waals surface area contributed by atoms with Crippen molar-refractivity contribution in [3.63, 3.8) is 0 Å². The van der Waals surface area contributed by atoms with Gasteiger partial charge in [0.1, 0.15) is 22.9 Å². The molecule has 0 spiro atoms. The number of pyridine rings is 2. The summed E-state index contributed by atoms with van der Waals surface area (Å²) in [4.78, 5) is 9.31. The molecule has 0 unspecified atom stereocenters. The van der Waals surface area contributed by atoms with Gasteiger partial charge < -0.3 is 77.4 Å². The van der Waals surface area contributed by atoms with E-state index in [0.29, 0.717) is 17.3 Å². The van der Waals surface area contributed by atoms with Crippen molar-refractivity contribution >= 4 is 82.3 Å². The van der Waals surface area contributed by atoms with Gasteiger partial charge in [-0.1, -0.05) is 28.4 Å². The van der Waals surface area contributed by atoms with E-state index in [-0.39, 0.29) is 67.8 Å². The Hall–Kier alpha value is -7.75. The Morgan fingerprint density at radius 3 is 1.32 bits per heavy atom. The summed E-state index contributed by atoms with van der Waals surface area (Å²) < 4.78 is 11.4. The zero-order chi connectivity index (χ0) is 52.0. The first kappa shape index (κ1) is 65.5. The Bertz CT molecular complexity index is 3260. The smallest absolute Gasteiger partial charge is 0.421 e. The summed E-state index contributed by atoms with van der Waals surface area (Å²) in [5.74, 6) is 7.78. The van der Waals surface area contributed by atoms with Crippen molar-refractivity contribution in [2.45, 2.75) is 0 Å². The second kappa shape index (κ2) is 31.6. The van der Waals surface area contributed by atoms with Crippen LogP contribution >= 0.6 is 24.8 Å². The number of imidazole rings is 2. The maximum atomic E-state index is 10.5. The van der Waals surface area contributed by atoms with E-state index < -0.39 is 0 Å². The molecule has 2 aliphatic rings. The van der Waals surface area contributed by atoms with Crippen LogP contribution in [0.4, 0.5) is 57.5 Å². The van der Waals surface area contributed by atoms with Gasteiger partial charge in [0.25, 0.3) is 0 Å². The lowest BCUT2D eigenvalue weighted by atomic mass is 10.2. The zero-order valence-electron chi connectivity index (χ0n) is 44.8. The SMILES string of the molecule is Cl.Cl.Cn1cc[n+](C)c1N=Nc1ccc(N2CCN(c3ccc(N=Nc4cccc[n+]4C)c(O)c3)CC2)cc1.Cn1cc[n+](C)c1N=Nc1ccc(N2CCN(c3cccc(O)c3)CC2)cc1.Cn1cccc/c1=N/N.[Cl-].[Cl-].[Cl-]. The average molecular weight is 1180 g/mol. The molecule has 10 rings (SSSR count). The number of nitrogens with zero attached hydrogens (tertiary/aromatic N) is 17. The standard InChI is InChI=1S/C27H30N9O.C21H24N6O.C6H9N3.5ClH/c1-32-13-5-4-6-26(32)30-29-24-12-11-23(20-25(24)37)36-18-16-35(17-19-36)22-9-7-21(8-10-22)28-31-27-33(2)14-15-34(27)3;1-24-10-11-25(2)21(24)23-22-17-6-8-18(9-7-17)26-12-14-27(15-13-26)19-4-3-5-20(28)16-19;1-9-5-3-2-4-6(9)8-7;;;;;/h4-15,20H,16-19H2,1-3H3;3-11,16H,12-15H2,1-2H3;2-5H,7H2,1H3;5*1H/q+1;;;;;;;/p-1/b;;8-6-;;;;;. The number of aromatic nitrogens is 6. The Labute approximate surface area is 491 Å². The predicted octanol–water partition coefficient (Wildman–Crippen LogP) is -0.511. The number of piperazine rings is 2. The second-order valence-electron chi connectivity index (χ2n) is 17.9. The lowest BCUT2D eigenvalue weighted by Gasteiger charge is -2.37. The maximum Gasteiger partial charge on any atom is 0.421 e. The largest absolute Gasteiger partial charge is 1.00 e. The van der Waals surface area contributed by atoms with Crippen LogP contribution in [0.5, 0.6) is 11.5 Å². The van der Waals surface area contributed by atoms with Crippen molar-refractivity contribution in [1.29, 1.82) is 0 Å². The van der Waals surface area contributed by atoms with E-state index in [1.807, 2.05) is 198 Å². The van der Waals surface area contributed by atoms with Crippen molar-refractivity contribution < 1.29 is 61.1 Å². The number of phenolic OH excluding ortho intramolecular Hbond substituents is 2. The van der Waals surface area contributed by atoms with E-state index in [1.165, 1.54) is 5.69 Å². The zero-order valence-corrected chi connectivity index (χ0v) is 48.7. The first-order valence-electron chi connectivity index (χ1n) is 24.3. The minimum atomic E-state index is 0. The van der Waals surface area contributed by atoms with E-state index in [9.17, 15) is 10.2 Å². The third-order valence-corrected chi connectivity index (χ3v) is 12.8. The van der Waals surface area contributed by atoms with Gasteiger partial charge in [0.2, 0.25) is 0 Å². The third kappa shape index (κ3) is 17.6. The molecule has 0 radical (unpaired) electrons. The van der Waals surface area contributed by atoms with Crippen molar-refractivity contribution in [3.05, 3.63) is 170 Å². The second-order valence-corrected chi connectivity index (χ2v) is 17.9. The van der Waals surface area contributed by atoms with Gasteiger partial charge >= 0.3 is 17.7 Å². The molecule has 4 aromatic carbocycles. The molecule has 420 valence electrons. The summed E-state index contributed by atoms with van der Waals surface area (Å²) in [5.41, 5.74) is 7.28. The van der Waals surface area contributed by atoms with Gasteiger partial charge in [-0.25, -0.2) is 22.8 Å². The summed E-state index contributed by atoms with van der Waals surface area (Å²) in [6.07, 6.45) is 11.6. The molecule has 2 saturated heterocycles. The molecule has 0 aliphatic carbocycles. The van der Waals surface area contributed by atoms with Gasteiger partial charge in [0, 0.05) is 117 Å². The van der Waals surface area contributed by atoms with Crippen LogP contribution in [-0.2, 0) is 42.3 Å². The van der Waals surface area contributed by atoms with Crippen LogP contribution in [0.1, 0.15) is 0 Å². The van der Waals surface area contributed by atoms with Crippen LogP contribution < -0.4 is 81.9 Å². The van der Waals surface area contributed by atoms with Crippen molar-refractivity contribution in [1.82, 2.24) is 13.7 Å². The molecular formula is C54H67Cl5N18O2. The number of aromatic hydroxyl groups is 2. The Morgan fingerprint density at radius 1 is 0.430 bits per heavy atom. The molecule has 4 N–H and O–H groups in total. The molecule has 6 heterocycles. The molecule has 25 heteroatoms. The molecular weight excluding hydrogens is 1110 g/mol. The molecule has 0 saturated carbocycles. The highest BCUT2D eigenvalue weighted by molar-refractivity contribution is 5.85. The number of anilines is 4. The van der Waals surface area contributed by atoms with Crippen molar-refractivity contribution in [2.24, 2.45) is 83.9 Å². The molecule has 8 aromatic rings. The first-order valence-corrected chi connectivity index (χ1v) is 24.3. The summed E-state index contributed by atoms with van der Waals surface area (Å²) in [6.45, 7) is 7.20. The molecule has 0 atom stereocenters. The minimum Gasteiger partial charge on any atom is -1.00 e. The van der Waals surface area contributed by atoms with Gasteiger partial charge in [-0.05, 0) is 96.1 Å². The summed E-state index contributed by atoms with van der Waals surface area (Å²) >= 11 is 0. The minimum absolute atomic E-state index is 0. The van der Waals surface area contributed by atoms with Crippen LogP contribution in [0.3, 0.4) is 0 Å². The van der Waals surface area contributed by atoms with E-state index in [1.54, 1.807) is 12.1 Å². The average Bonchev–Trinajstić information content (AvgIpc) is 3.94. The summed E-state index contributed by atoms with van der Waals surface area (Å²) in [7, 11) is 11.6. The van der Waals surface area contributed by atoms with E-state index in [2.05, 4.69) is 79.7 Å². The molecule has 20 nitrogen and oxygen atoms in total. The number of benzene rings is 4. The first-order chi connectivity index (χ1) is 35.9. The number of hydrogen-bond donors (Lipinski definition) is 3. The van der Waals surface area contributed by atoms with Crippen LogP contribution in [-0.4, -0.2) is 76.3 Å². The molecule has 4 aromatic heterocycles. The highest BCUT2D eigenvalue weighted by atomic mass is 35.5. The highest BCUT2D eigenvalue weighted by Crippen LogP contribution is 2.33. The van der Waals surface area contributed by atoms with Crippen LogP contribution in [0.2, 0.25) is 0 Å². The lowest BCUT2D eigenvalue weighted by Crippen LogP contribution is -3.00. The molecule has 0 bridgehead atoms. The molecule has 2 fully saturated rings. The van der Waals surface area contributed by atoms with Gasteiger partial charge in [0.15, 0.2) is 11.2 Å². The predicted molar refractivity (Wildman–Crippen MR) is 301 cm³/mol. The normalized spacial score (nSPS) is 13.3. The number of halogens is 5. The monoisotopic (exact) mass is 1170 g/mol. The molecule has 2 aliphatic heterocycles. The quantitative estimate of drug-likeness (QED) is 0.0712. The van der Waals surface area contributed by atoms with Crippen molar-refractivity contribution in [2.75, 3.05) is 72.0 Å². The highest BCUT2D eigenvalue weighted by Gasteiger charge is 2.21. The van der Waals surface area contributed by atoms with Crippen LogP contribution in [0.15, 0.2) is 200 Å². The maximum absolute atomic E-state index is 10.5. The number of aryl methyl sites for hydroxylation is 6. The number of hydrogen-bond acceptors (Lipinski definition) is 14. The fourth-order valence-corrected chi connectivity index (χ4v) is 8.41. The van der Waals surface area contributed by atoms with Crippen molar-refractivity contribution in [3.8, 4) is 11.5 Å². The van der Waals surface area contributed by atoms with E-state index in [4.69, 9.17) is 5.84 Å². The summed E-state index contributed by atoms with van der Waals surface area (Å²) in [5, 5.41) is 49.7. The third-order valence-electron chi connectivity index (χ3n) is 12.8. The fraction of sp³-hybridized carbons (Fsp3) is 0.259. The van der Waals surface area contributed by atoms with Crippen LogP contribution in [0, 0.1) is 0 Å². The Kier molecular flexibility index (Phi) is 26.2. The lowest BCUT2D eigenvalue weighted by molar-refractivity contribution is -0.658. The van der Waals surface area contributed by atoms with E-state index >= 15 is 0 Å². The molecule has 79 heavy (non-hydrogen) atoms. The van der Waals surface area contributed by atoms with Gasteiger partial charge in [-0.2, -0.15) is 5.10 Å². The number of azo groups is 3. The topological polar surface area (TPSA) is 192 Å². The number of nitrogens with two attached hydrogens (primary N) is 1. The van der Waals surface area contributed by atoms with E-state index in [0.717, 1.165) is 98.2 Å². The number of rotatable bonds is 10. The van der Waals surface area contributed by atoms with Gasteiger partial charge in [-0.3, -0.25) is 0 Å². The van der Waals surface area contributed by atoms with Gasteiger partial charge in [-0.15, -0.1) is 24.8 Å².